The van der Waals surface area contributed by atoms with Crippen LogP contribution in [0.2, 0.25) is 0 Å². The molecule has 0 fully saturated rings. The van der Waals surface area contributed by atoms with Crippen molar-refractivity contribution in [3.05, 3.63) is 58.0 Å². The van der Waals surface area contributed by atoms with Gasteiger partial charge in [0, 0.05) is 18.2 Å². The van der Waals surface area contributed by atoms with E-state index in [-0.39, 0.29) is 17.1 Å². The molecule has 0 bridgehead atoms. The third-order valence-electron chi connectivity index (χ3n) is 3.46. The Bertz CT molecular complexity index is 886. The van der Waals surface area contributed by atoms with E-state index in [0.29, 0.717) is 11.5 Å². The minimum atomic E-state index is -1.13. The number of non-ortho nitro benzene ring substituents is 1. The number of carbonyl (C=O) groups excluding carboxylic acids is 2. The number of furan rings is 1. The number of nitro benzene ring substituents is 1. The molecule has 9 nitrogen and oxygen atoms in total. The van der Waals surface area contributed by atoms with E-state index in [4.69, 9.17) is 13.9 Å². The first-order valence-corrected chi connectivity index (χ1v) is 7.88. The number of hydrogen-bond acceptors (Lipinski definition) is 7. The third kappa shape index (κ3) is 5.43. The average Bonchev–Trinajstić information content (AvgIpc) is 3.05. The summed E-state index contributed by atoms with van der Waals surface area (Å²) in [5, 5.41) is 13.3. The highest BCUT2D eigenvalue weighted by atomic mass is 16.6. The second kappa shape index (κ2) is 8.65. The van der Waals surface area contributed by atoms with E-state index in [2.05, 4.69) is 5.32 Å². The van der Waals surface area contributed by atoms with Gasteiger partial charge in [0.2, 0.25) is 0 Å². The number of amides is 1. The second-order valence-electron chi connectivity index (χ2n) is 5.49. The molecule has 142 valence electrons. The number of nitro groups is 1. The Morgan fingerprint density at radius 2 is 2.04 bits per heavy atom. The van der Waals surface area contributed by atoms with Gasteiger partial charge in [0.25, 0.3) is 11.6 Å². The van der Waals surface area contributed by atoms with E-state index in [1.54, 1.807) is 19.1 Å². The van der Waals surface area contributed by atoms with Crippen LogP contribution in [-0.2, 0) is 14.3 Å². The molecule has 0 saturated carbocycles. The fraction of sp³-hybridized carbons (Fsp3) is 0.222. The molecule has 1 N–H and O–H groups in total. The van der Waals surface area contributed by atoms with Gasteiger partial charge < -0.3 is 19.2 Å². The SMILES string of the molecule is COc1ccc([N+](=O)[O-])cc1NC(=O)C(C)OC(=O)C=Cc1ccc(C)o1. The molecular weight excluding hydrogens is 356 g/mol. The average molecular weight is 374 g/mol. The molecule has 1 aromatic carbocycles. The Hall–Kier alpha value is -3.62. The number of aryl methyl sites for hydroxylation is 1. The summed E-state index contributed by atoms with van der Waals surface area (Å²) in [6.07, 6.45) is 1.42. The molecular formula is C18H18N2O7. The molecule has 0 radical (unpaired) electrons. The molecule has 0 spiro atoms. The Morgan fingerprint density at radius 1 is 1.30 bits per heavy atom. The van der Waals surface area contributed by atoms with Crippen LogP contribution in [0.25, 0.3) is 6.08 Å². The van der Waals surface area contributed by atoms with E-state index >= 15 is 0 Å². The van der Waals surface area contributed by atoms with Gasteiger partial charge in [-0.1, -0.05) is 0 Å². The number of methoxy groups -OCH3 is 1. The number of carbonyl (C=O) groups is 2. The van der Waals surface area contributed by atoms with Crippen molar-refractivity contribution in [3.8, 4) is 5.75 Å². The maximum absolute atomic E-state index is 12.2. The summed E-state index contributed by atoms with van der Waals surface area (Å²) in [4.78, 5) is 34.3. The lowest BCUT2D eigenvalue weighted by Crippen LogP contribution is -2.29. The van der Waals surface area contributed by atoms with E-state index < -0.39 is 22.9 Å². The molecule has 2 aromatic rings. The summed E-state index contributed by atoms with van der Waals surface area (Å²) < 4.78 is 15.4. The van der Waals surface area contributed by atoms with Gasteiger partial charge in [-0.2, -0.15) is 0 Å². The van der Waals surface area contributed by atoms with Crippen molar-refractivity contribution < 1.29 is 28.4 Å². The number of rotatable bonds is 7. The number of hydrogen-bond donors (Lipinski definition) is 1. The van der Waals surface area contributed by atoms with E-state index in [9.17, 15) is 19.7 Å². The second-order valence-corrected chi connectivity index (χ2v) is 5.49. The predicted octanol–water partition coefficient (Wildman–Crippen LogP) is 3.09. The van der Waals surface area contributed by atoms with Crippen LogP contribution < -0.4 is 10.1 Å². The summed E-state index contributed by atoms with van der Waals surface area (Å²) in [7, 11) is 1.36. The zero-order valence-corrected chi connectivity index (χ0v) is 14.9. The Balaban J connectivity index is 2.00. The van der Waals surface area contributed by atoms with Crippen molar-refractivity contribution in [3.63, 3.8) is 0 Å². The normalized spacial score (nSPS) is 11.8. The Labute approximate surface area is 154 Å². The summed E-state index contributed by atoms with van der Waals surface area (Å²) in [5.74, 6) is 0.00668. The van der Waals surface area contributed by atoms with Crippen molar-refractivity contribution in [2.24, 2.45) is 0 Å². The van der Waals surface area contributed by atoms with Crippen LogP contribution in [0.15, 0.2) is 40.8 Å². The molecule has 1 unspecified atom stereocenters. The first-order chi connectivity index (χ1) is 12.8. The van der Waals surface area contributed by atoms with Crippen LogP contribution in [0.5, 0.6) is 5.75 Å². The predicted molar refractivity (Wildman–Crippen MR) is 96.3 cm³/mol. The van der Waals surface area contributed by atoms with E-state index in [0.717, 1.165) is 12.1 Å². The number of nitrogens with zero attached hydrogens (tertiary/aromatic N) is 1. The monoisotopic (exact) mass is 374 g/mol. The fourth-order valence-electron chi connectivity index (χ4n) is 2.10. The zero-order valence-electron chi connectivity index (χ0n) is 14.9. The van der Waals surface area contributed by atoms with Gasteiger partial charge in [0.1, 0.15) is 17.3 Å². The Kier molecular flexibility index (Phi) is 6.32. The largest absolute Gasteiger partial charge is 0.495 e. The molecule has 0 saturated heterocycles. The van der Waals surface area contributed by atoms with Crippen molar-refractivity contribution in [2.45, 2.75) is 20.0 Å². The number of benzene rings is 1. The molecule has 27 heavy (non-hydrogen) atoms. The van der Waals surface area contributed by atoms with Gasteiger partial charge in [-0.15, -0.1) is 0 Å². The topological polar surface area (TPSA) is 121 Å². The van der Waals surface area contributed by atoms with Crippen LogP contribution in [-0.4, -0.2) is 30.0 Å². The van der Waals surface area contributed by atoms with Gasteiger partial charge in [0.05, 0.1) is 17.7 Å². The number of esters is 1. The summed E-state index contributed by atoms with van der Waals surface area (Å²) in [6.45, 7) is 3.15. The van der Waals surface area contributed by atoms with E-state index in [1.807, 2.05) is 0 Å². The van der Waals surface area contributed by atoms with E-state index in [1.165, 1.54) is 32.2 Å². The first kappa shape index (κ1) is 19.7. The lowest BCUT2D eigenvalue weighted by Gasteiger charge is -2.14. The summed E-state index contributed by atoms with van der Waals surface area (Å²) in [5.41, 5.74) is -0.117. The Morgan fingerprint density at radius 3 is 2.63 bits per heavy atom. The van der Waals surface area contributed by atoms with Crippen LogP contribution >= 0.6 is 0 Å². The van der Waals surface area contributed by atoms with Crippen molar-refractivity contribution in [2.75, 3.05) is 12.4 Å². The smallest absolute Gasteiger partial charge is 0.331 e. The van der Waals surface area contributed by atoms with Crippen molar-refractivity contribution in [1.82, 2.24) is 0 Å². The first-order valence-electron chi connectivity index (χ1n) is 7.88. The quantitative estimate of drug-likeness (QED) is 0.342. The molecule has 0 aliphatic carbocycles. The summed E-state index contributed by atoms with van der Waals surface area (Å²) >= 11 is 0. The highest BCUT2D eigenvalue weighted by molar-refractivity contribution is 5.97. The lowest BCUT2D eigenvalue weighted by molar-refractivity contribution is -0.384. The van der Waals surface area contributed by atoms with Gasteiger partial charge >= 0.3 is 5.97 Å². The standard InChI is InChI=1S/C18H18N2O7/c1-11-4-6-14(26-11)7-9-17(21)27-12(2)18(22)19-15-10-13(20(23)24)5-8-16(15)25-3/h4-10,12H,1-3H3,(H,19,22). The van der Waals surface area contributed by atoms with Crippen LogP contribution in [0, 0.1) is 17.0 Å². The van der Waals surface area contributed by atoms with Crippen molar-refractivity contribution in [1.29, 1.82) is 0 Å². The maximum atomic E-state index is 12.2. The van der Waals surface area contributed by atoms with Gasteiger partial charge in [-0.25, -0.2) is 4.79 Å². The van der Waals surface area contributed by atoms with Crippen LogP contribution in [0.3, 0.4) is 0 Å². The highest BCUT2D eigenvalue weighted by Gasteiger charge is 2.20. The molecule has 1 heterocycles. The third-order valence-corrected chi connectivity index (χ3v) is 3.46. The molecule has 1 atom stereocenters. The van der Waals surface area contributed by atoms with Crippen molar-refractivity contribution >= 4 is 29.3 Å². The minimum absolute atomic E-state index is 0.0983. The lowest BCUT2D eigenvalue weighted by atomic mass is 10.2. The molecule has 9 heteroatoms. The maximum Gasteiger partial charge on any atom is 0.331 e. The molecule has 1 amide bonds. The van der Waals surface area contributed by atoms with Gasteiger partial charge in [0.15, 0.2) is 6.10 Å². The van der Waals surface area contributed by atoms with Gasteiger partial charge in [-0.05, 0) is 38.1 Å². The zero-order chi connectivity index (χ0) is 20.0. The molecule has 2 rings (SSSR count). The minimum Gasteiger partial charge on any atom is -0.495 e. The highest BCUT2D eigenvalue weighted by Crippen LogP contribution is 2.29. The van der Waals surface area contributed by atoms with Gasteiger partial charge in [-0.3, -0.25) is 14.9 Å². The molecule has 0 aliphatic rings. The fourth-order valence-corrected chi connectivity index (χ4v) is 2.10. The molecule has 0 aliphatic heterocycles. The van der Waals surface area contributed by atoms with Crippen LogP contribution in [0.4, 0.5) is 11.4 Å². The van der Waals surface area contributed by atoms with Crippen LogP contribution in [0.1, 0.15) is 18.4 Å². The number of nitrogens with one attached hydrogen (secondary N) is 1. The number of ether oxygens (including phenoxy) is 2. The molecule has 1 aromatic heterocycles. The number of anilines is 1. The summed E-state index contributed by atoms with van der Waals surface area (Å²) in [6, 6.07) is 7.19.